The van der Waals surface area contributed by atoms with Gasteiger partial charge in [0.15, 0.2) is 0 Å². The minimum absolute atomic E-state index is 0.605. The van der Waals surface area contributed by atoms with E-state index in [0.29, 0.717) is 5.92 Å². The van der Waals surface area contributed by atoms with Crippen molar-refractivity contribution in [3.8, 4) is 11.1 Å². The molecule has 0 atom stereocenters. The minimum atomic E-state index is 0.605. The molecule has 0 unspecified atom stereocenters. The van der Waals surface area contributed by atoms with Crippen molar-refractivity contribution in [1.82, 2.24) is 25.1 Å². The third-order valence-corrected chi connectivity index (χ3v) is 6.24. The molecule has 2 fully saturated rings. The first-order valence-corrected chi connectivity index (χ1v) is 10.1. The van der Waals surface area contributed by atoms with Crippen molar-refractivity contribution in [3.63, 3.8) is 0 Å². The molecule has 142 valence electrons. The maximum absolute atomic E-state index is 5.62. The van der Waals surface area contributed by atoms with Gasteiger partial charge in [-0.3, -0.25) is 10.00 Å². The number of nitrogens with one attached hydrogen (secondary N) is 1. The molecular weight excluding hydrogens is 338 g/mol. The Morgan fingerprint density at radius 3 is 2.89 bits per heavy atom. The zero-order chi connectivity index (χ0) is 18.1. The lowest BCUT2D eigenvalue weighted by molar-refractivity contribution is 0.118. The number of nitrogens with zero attached hydrogens (tertiary/aromatic N) is 4. The lowest BCUT2D eigenvalue weighted by atomic mass is 9.81. The van der Waals surface area contributed by atoms with E-state index in [1.807, 2.05) is 24.8 Å². The number of ether oxygens (including phenoxy) is 1. The normalized spacial score (nSPS) is 24.9. The van der Waals surface area contributed by atoms with E-state index < -0.39 is 0 Å². The van der Waals surface area contributed by atoms with Gasteiger partial charge in [-0.05, 0) is 54.5 Å². The van der Waals surface area contributed by atoms with Crippen LogP contribution in [0, 0.1) is 0 Å². The monoisotopic (exact) mass is 364 g/mol. The summed E-state index contributed by atoms with van der Waals surface area (Å²) in [6.07, 6.45) is 13.9. The van der Waals surface area contributed by atoms with Gasteiger partial charge in [0.1, 0.15) is 0 Å². The molecule has 1 aliphatic heterocycles. The molecule has 27 heavy (non-hydrogen) atoms. The van der Waals surface area contributed by atoms with Crippen molar-refractivity contribution < 1.29 is 4.74 Å². The van der Waals surface area contributed by atoms with Crippen LogP contribution in [0.15, 0.2) is 30.9 Å². The number of hydrogen-bond acceptors (Lipinski definition) is 4. The molecule has 0 aromatic carbocycles. The summed E-state index contributed by atoms with van der Waals surface area (Å²) in [6.45, 7) is 4.09. The fourth-order valence-electron chi connectivity index (χ4n) is 4.73. The standard InChI is InChI=1S/C21H26N5O/c1-6-26(7-9-27-8-1)18-4-2-15(3-5-18)16-10-19-20(17-12-24-25-13-17)14-23-21(19)22-11-16/h10-15,18H,1-9H2,(H-,22,23,24,25)/q-1. The lowest BCUT2D eigenvalue weighted by Gasteiger charge is -2.36. The van der Waals surface area contributed by atoms with E-state index in [4.69, 9.17) is 4.74 Å². The Morgan fingerprint density at radius 2 is 2.04 bits per heavy atom. The molecule has 0 bridgehead atoms. The molecule has 6 heteroatoms. The Bertz CT molecular complexity index is 871. The number of rotatable bonds is 3. The van der Waals surface area contributed by atoms with Crippen molar-refractivity contribution in [1.29, 1.82) is 0 Å². The van der Waals surface area contributed by atoms with Crippen molar-refractivity contribution >= 4 is 11.0 Å². The van der Waals surface area contributed by atoms with E-state index in [1.165, 1.54) is 44.2 Å². The molecule has 3 aromatic rings. The van der Waals surface area contributed by atoms with Crippen LogP contribution < -0.4 is 4.98 Å². The average molecular weight is 364 g/mol. The average Bonchev–Trinajstić information content (AvgIpc) is 3.30. The molecule has 5 rings (SSSR count). The summed E-state index contributed by atoms with van der Waals surface area (Å²) >= 11 is 0. The van der Waals surface area contributed by atoms with Crippen molar-refractivity contribution in [3.05, 3.63) is 36.4 Å². The Labute approximate surface area is 159 Å². The number of aromatic nitrogens is 4. The predicted molar refractivity (Wildman–Crippen MR) is 105 cm³/mol. The molecule has 0 amide bonds. The first-order chi connectivity index (χ1) is 13.4. The molecule has 0 radical (unpaired) electrons. The smallest absolute Gasteiger partial charge is 0.0593 e. The van der Waals surface area contributed by atoms with Crippen molar-refractivity contribution in [2.24, 2.45) is 0 Å². The van der Waals surface area contributed by atoms with Crippen LogP contribution in [0.5, 0.6) is 0 Å². The van der Waals surface area contributed by atoms with Crippen LogP contribution in [0.3, 0.4) is 0 Å². The predicted octanol–water partition coefficient (Wildman–Crippen LogP) is 3.33. The van der Waals surface area contributed by atoms with Gasteiger partial charge in [-0.2, -0.15) is 5.10 Å². The summed E-state index contributed by atoms with van der Waals surface area (Å²) in [5.41, 5.74) is 4.38. The number of H-pyrrole nitrogens is 1. The van der Waals surface area contributed by atoms with Gasteiger partial charge in [0.25, 0.3) is 0 Å². The summed E-state index contributed by atoms with van der Waals surface area (Å²) in [6, 6.07) is 3.03. The number of pyridine rings is 1. The van der Waals surface area contributed by atoms with Crippen LogP contribution in [0.4, 0.5) is 0 Å². The summed E-state index contributed by atoms with van der Waals surface area (Å²) < 4.78 is 5.62. The molecular formula is C21H26N5O-. The fraction of sp³-hybridized carbons (Fsp3) is 0.524. The largest absolute Gasteiger partial charge is 0.442 e. The quantitative estimate of drug-likeness (QED) is 0.772. The summed E-state index contributed by atoms with van der Waals surface area (Å²) in [7, 11) is 0. The Hall–Kier alpha value is -2.18. The van der Waals surface area contributed by atoms with Crippen LogP contribution >= 0.6 is 0 Å². The Kier molecular flexibility index (Phi) is 4.67. The highest BCUT2D eigenvalue weighted by Gasteiger charge is 2.27. The van der Waals surface area contributed by atoms with Gasteiger partial charge in [-0.25, -0.2) is 0 Å². The SMILES string of the molecule is c1n[nH]cc1-c1c[n-]c2ncc(C3CCC(N4CCCOCC4)CC3)cc12. The van der Waals surface area contributed by atoms with Crippen molar-refractivity contribution in [2.75, 3.05) is 26.3 Å². The number of hydrogen-bond donors (Lipinski definition) is 1. The first kappa shape index (κ1) is 17.0. The van der Waals surface area contributed by atoms with Gasteiger partial charge < -0.3 is 14.7 Å². The Morgan fingerprint density at radius 1 is 1.11 bits per heavy atom. The third kappa shape index (κ3) is 3.39. The topological polar surface area (TPSA) is 68.1 Å². The molecule has 6 nitrogen and oxygen atoms in total. The molecule has 3 aromatic heterocycles. The van der Waals surface area contributed by atoms with E-state index in [-0.39, 0.29) is 0 Å². The van der Waals surface area contributed by atoms with Crippen molar-refractivity contribution in [2.45, 2.75) is 44.1 Å². The summed E-state index contributed by atoms with van der Waals surface area (Å²) in [5.74, 6) is 0.605. The van der Waals surface area contributed by atoms with Gasteiger partial charge in [-0.15, -0.1) is 0 Å². The van der Waals surface area contributed by atoms with Crippen LogP contribution in [0.25, 0.3) is 22.2 Å². The van der Waals surface area contributed by atoms with E-state index >= 15 is 0 Å². The van der Waals surface area contributed by atoms with Gasteiger partial charge >= 0.3 is 0 Å². The molecule has 1 N–H and O–H groups in total. The van der Waals surface area contributed by atoms with E-state index in [2.05, 4.69) is 31.1 Å². The highest BCUT2D eigenvalue weighted by molar-refractivity contribution is 5.93. The zero-order valence-electron chi connectivity index (χ0n) is 15.6. The molecule has 4 heterocycles. The molecule has 1 saturated carbocycles. The summed E-state index contributed by atoms with van der Waals surface area (Å²) in [5, 5.41) is 8.10. The van der Waals surface area contributed by atoms with Gasteiger partial charge in [-0.1, -0.05) is 24.1 Å². The summed E-state index contributed by atoms with van der Waals surface area (Å²) in [4.78, 5) is 11.8. The second-order valence-electron chi connectivity index (χ2n) is 7.81. The number of aromatic amines is 1. The molecule has 2 aliphatic rings. The second-order valence-corrected chi connectivity index (χ2v) is 7.81. The van der Waals surface area contributed by atoms with Gasteiger partial charge in [0.2, 0.25) is 0 Å². The van der Waals surface area contributed by atoms with Crippen LogP contribution in [0.1, 0.15) is 43.6 Å². The first-order valence-electron chi connectivity index (χ1n) is 10.1. The van der Waals surface area contributed by atoms with E-state index in [9.17, 15) is 0 Å². The van der Waals surface area contributed by atoms with E-state index in [0.717, 1.165) is 48.0 Å². The fourth-order valence-corrected chi connectivity index (χ4v) is 4.73. The second kappa shape index (κ2) is 7.44. The minimum Gasteiger partial charge on any atom is -0.442 e. The van der Waals surface area contributed by atoms with Crippen LogP contribution in [0.2, 0.25) is 0 Å². The van der Waals surface area contributed by atoms with E-state index in [1.54, 1.807) is 0 Å². The number of fused-ring (bicyclic) bond motifs is 1. The highest BCUT2D eigenvalue weighted by Crippen LogP contribution is 2.37. The molecule has 0 spiro atoms. The molecule has 1 aliphatic carbocycles. The third-order valence-electron chi connectivity index (χ3n) is 6.24. The van der Waals surface area contributed by atoms with Gasteiger partial charge in [0.05, 0.1) is 12.8 Å². The van der Waals surface area contributed by atoms with Gasteiger partial charge in [0, 0.05) is 37.5 Å². The lowest BCUT2D eigenvalue weighted by Crippen LogP contribution is -2.39. The zero-order valence-corrected chi connectivity index (χ0v) is 15.6. The maximum Gasteiger partial charge on any atom is 0.0593 e. The highest BCUT2D eigenvalue weighted by atomic mass is 16.5. The van der Waals surface area contributed by atoms with Crippen LogP contribution in [-0.2, 0) is 4.74 Å². The molecule has 1 saturated heterocycles. The maximum atomic E-state index is 5.62. The Balaban J connectivity index is 1.32. The van der Waals surface area contributed by atoms with Crippen LogP contribution in [-0.4, -0.2) is 52.4 Å².